The molecule has 0 aliphatic rings. The van der Waals surface area contributed by atoms with Crippen molar-refractivity contribution in [3.05, 3.63) is 22.8 Å². The van der Waals surface area contributed by atoms with E-state index in [1.165, 1.54) is 13.8 Å². The van der Waals surface area contributed by atoms with Gasteiger partial charge in [-0.15, -0.1) is 10.2 Å². The fourth-order valence-corrected chi connectivity index (χ4v) is 1.06. The fourth-order valence-electron chi connectivity index (χ4n) is 1.06. The number of aromatic nitrogens is 2. The Morgan fingerprint density at radius 1 is 1.39 bits per heavy atom. The number of carbonyl (C=O) groups excluding carboxylic acids is 1. The summed E-state index contributed by atoms with van der Waals surface area (Å²) in [7, 11) is 0. The standard InChI is InChI=1S/C10H8N6O2/c1-5(17)9(6(2)18)15-16-10-13-7(3-11)8(4-12)14-10/h17H,1-2H3,(H,13,14)/b9-5+,16-15?. The number of carbonyl (C=O) groups is 1. The van der Waals surface area contributed by atoms with Crippen LogP contribution in [0, 0.1) is 22.7 Å². The third kappa shape index (κ3) is 2.77. The Morgan fingerprint density at radius 3 is 2.44 bits per heavy atom. The highest BCUT2D eigenvalue weighted by Crippen LogP contribution is 2.14. The number of aliphatic hydroxyl groups excluding tert-OH is 1. The van der Waals surface area contributed by atoms with Crippen LogP contribution in [0.3, 0.4) is 0 Å². The minimum Gasteiger partial charge on any atom is -0.510 e. The maximum atomic E-state index is 11.1. The number of azo groups is 1. The normalized spacial score (nSPS) is 11.8. The van der Waals surface area contributed by atoms with Crippen LogP contribution in [0.2, 0.25) is 0 Å². The van der Waals surface area contributed by atoms with Crippen LogP contribution < -0.4 is 0 Å². The second-order valence-corrected chi connectivity index (χ2v) is 3.20. The van der Waals surface area contributed by atoms with Crippen molar-refractivity contribution in [2.24, 2.45) is 10.2 Å². The van der Waals surface area contributed by atoms with Gasteiger partial charge in [-0.3, -0.25) is 4.79 Å². The number of imidazole rings is 1. The molecular weight excluding hydrogens is 236 g/mol. The van der Waals surface area contributed by atoms with Gasteiger partial charge in [0.05, 0.1) is 0 Å². The van der Waals surface area contributed by atoms with E-state index in [-0.39, 0.29) is 28.8 Å². The SMILES string of the molecule is CC(=O)/C(N=Nc1nc(C#N)c(C#N)[nH]1)=C(/C)O. The minimum atomic E-state index is -0.466. The molecule has 0 saturated heterocycles. The molecule has 8 nitrogen and oxygen atoms in total. The number of Topliss-reactive ketones (excluding diaryl/α,β-unsaturated/α-hetero) is 1. The van der Waals surface area contributed by atoms with E-state index in [2.05, 4.69) is 20.2 Å². The highest BCUT2D eigenvalue weighted by molar-refractivity contribution is 5.93. The molecule has 0 fully saturated rings. The summed E-state index contributed by atoms with van der Waals surface area (Å²) in [4.78, 5) is 17.2. The lowest BCUT2D eigenvalue weighted by Crippen LogP contribution is -1.96. The summed E-state index contributed by atoms with van der Waals surface area (Å²) >= 11 is 0. The van der Waals surface area contributed by atoms with Crippen molar-refractivity contribution >= 4 is 11.7 Å². The highest BCUT2D eigenvalue weighted by Gasteiger charge is 2.10. The molecule has 18 heavy (non-hydrogen) atoms. The summed E-state index contributed by atoms with van der Waals surface area (Å²) in [6.07, 6.45) is 0. The van der Waals surface area contributed by atoms with Gasteiger partial charge in [-0.2, -0.15) is 15.5 Å². The first-order chi connectivity index (χ1) is 8.49. The Labute approximate surface area is 102 Å². The number of ketones is 1. The van der Waals surface area contributed by atoms with Crippen LogP contribution in [0.1, 0.15) is 25.2 Å². The zero-order valence-corrected chi connectivity index (χ0v) is 9.59. The highest BCUT2D eigenvalue weighted by atomic mass is 16.3. The summed E-state index contributed by atoms with van der Waals surface area (Å²) in [5, 5.41) is 33.6. The summed E-state index contributed by atoms with van der Waals surface area (Å²) in [5.74, 6) is -0.840. The van der Waals surface area contributed by atoms with Crippen LogP contribution in [-0.4, -0.2) is 20.9 Å². The molecule has 0 aromatic carbocycles. The molecule has 0 radical (unpaired) electrons. The van der Waals surface area contributed by atoms with Gasteiger partial charge in [-0.1, -0.05) is 0 Å². The zero-order valence-electron chi connectivity index (χ0n) is 9.59. The van der Waals surface area contributed by atoms with E-state index in [0.29, 0.717) is 0 Å². The van der Waals surface area contributed by atoms with Crippen molar-refractivity contribution in [2.75, 3.05) is 0 Å². The van der Waals surface area contributed by atoms with Gasteiger partial charge in [-0.25, -0.2) is 0 Å². The monoisotopic (exact) mass is 244 g/mol. The first-order valence-electron chi connectivity index (χ1n) is 4.72. The molecule has 0 unspecified atom stereocenters. The molecule has 0 spiro atoms. The summed E-state index contributed by atoms with van der Waals surface area (Å²) in [6.45, 7) is 2.51. The van der Waals surface area contributed by atoms with Crippen LogP contribution in [-0.2, 0) is 4.79 Å². The van der Waals surface area contributed by atoms with Gasteiger partial charge in [0.2, 0.25) is 5.95 Å². The average Bonchev–Trinajstić information content (AvgIpc) is 2.70. The topological polar surface area (TPSA) is 138 Å². The van der Waals surface area contributed by atoms with E-state index < -0.39 is 5.78 Å². The van der Waals surface area contributed by atoms with Gasteiger partial charge < -0.3 is 10.1 Å². The lowest BCUT2D eigenvalue weighted by Gasteiger charge is -1.94. The van der Waals surface area contributed by atoms with Crippen LogP contribution >= 0.6 is 0 Å². The van der Waals surface area contributed by atoms with Crippen LogP contribution in [0.4, 0.5) is 5.95 Å². The van der Waals surface area contributed by atoms with Crippen LogP contribution in [0.25, 0.3) is 0 Å². The smallest absolute Gasteiger partial charge is 0.249 e. The number of allylic oxidation sites excluding steroid dienone is 2. The molecular formula is C10H8N6O2. The number of hydrogen-bond donors (Lipinski definition) is 2. The van der Waals surface area contributed by atoms with Crippen molar-refractivity contribution < 1.29 is 9.90 Å². The zero-order chi connectivity index (χ0) is 13.7. The van der Waals surface area contributed by atoms with E-state index in [1.54, 1.807) is 12.1 Å². The van der Waals surface area contributed by atoms with E-state index >= 15 is 0 Å². The van der Waals surface area contributed by atoms with E-state index in [1.807, 2.05) is 0 Å². The Morgan fingerprint density at radius 2 is 2.06 bits per heavy atom. The second kappa shape index (κ2) is 5.37. The van der Waals surface area contributed by atoms with Crippen molar-refractivity contribution in [3.8, 4) is 12.1 Å². The van der Waals surface area contributed by atoms with Crippen molar-refractivity contribution in [1.82, 2.24) is 9.97 Å². The predicted molar refractivity (Wildman–Crippen MR) is 58.5 cm³/mol. The van der Waals surface area contributed by atoms with Crippen molar-refractivity contribution in [2.45, 2.75) is 13.8 Å². The molecule has 0 aliphatic carbocycles. The number of nitrogens with zero attached hydrogens (tertiary/aromatic N) is 5. The van der Waals surface area contributed by atoms with Gasteiger partial charge in [0.1, 0.15) is 17.9 Å². The summed E-state index contributed by atoms with van der Waals surface area (Å²) in [5.41, 5.74) is -0.371. The fraction of sp³-hybridized carbons (Fsp3) is 0.200. The minimum absolute atomic E-state index is 0.0412. The molecule has 1 rings (SSSR count). The van der Waals surface area contributed by atoms with Gasteiger partial charge in [0.15, 0.2) is 22.9 Å². The average molecular weight is 244 g/mol. The molecule has 1 aromatic rings. The number of nitrogens with one attached hydrogen (secondary N) is 1. The predicted octanol–water partition coefficient (Wildman–Crippen LogP) is 1.62. The third-order valence-corrected chi connectivity index (χ3v) is 1.83. The molecule has 1 heterocycles. The first kappa shape index (κ1) is 13.1. The molecule has 90 valence electrons. The van der Waals surface area contributed by atoms with E-state index in [0.717, 1.165) is 0 Å². The Bertz CT molecular complexity index is 590. The van der Waals surface area contributed by atoms with E-state index in [9.17, 15) is 9.90 Å². The molecule has 8 heteroatoms. The molecule has 0 aliphatic heterocycles. The Hall–Kier alpha value is -3.00. The number of aromatic amines is 1. The molecule has 1 aromatic heterocycles. The van der Waals surface area contributed by atoms with Crippen molar-refractivity contribution in [3.63, 3.8) is 0 Å². The third-order valence-electron chi connectivity index (χ3n) is 1.83. The van der Waals surface area contributed by atoms with Gasteiger partial charge in [-0.05, 0) is 6.92 Å². The Balaban J connectivity index is 3.10. The lowest BCUT2D eigenvalue weighted by molar-refractivity contribution is -0.113. The number of H-pyrrole nitrogens is 1. The second-order valence-electron chi connectivity index (χ2n) is 3.20. The lowest BCUT2D eigenvalue weighted by atomic mass is 10.3. The van der Waals surface area contributed by atoms with Crippen molar-refractivity contribution in [1.29, 1.82) is 10.5 Å². The van der Waals surface area contributed by atoms with Gasteiger partial charge in [0, 0.05) is 6.92 Å². The number of hydrogen-bond acceptors (Lipinski definition) is 7. The molecule has 0 atom stereocenters. The van der Waals surface area contributed by atoms with Gasteiger partial charge in [0.25, 0.3) is 0 Å². The number of rotatable bonds is 3. The summed E-state index contributed by atoms with van der Waals surface area (Å²) < 4.78 is 0. The molecule has 2 N–H and O–H groups in total. The Kier molecular flexibility index (Phi) is 3.89. The molecule has 0 saturated carbocycles. The van der Waals surface area contributed by atoms with Crippen LogP contribution in [0.15, 0.2) is 21.7 Å². The maximum absolute atomic E-state index is 11.1. The van der Waals surface area contributed by atoms with Crippen LogP contribution in [0.5, 0.6) is 0 Å². The maximum Gasteiger partial charge on any atom is 0.249 e. The van der Waals surface area contributed by atoms with Gasteiger partial charge >= 0.3 is 0 Å². The summed E-state index contributed by atoms with van der Waals surface area (Å²) in [6, 6.07) is 3.43. The quantitative estimate of drug-likeness (QED) is 0.472. The number of aliphatic hydroxyl groups is 1. The molecule has 0 amide bonds. The largest absolute Gasteiger partial charge is 0.510 e. The van der Waals surface area contributed by atoms with E-state index in [4.69, 9.17) is 10.5 Å². The first-order valence-corrected chi connectivity index (χ1v) is 4.72. The molecule has 0 bridgehead atoms. The number of nitriles is 2.